The van der Waals surface area contributed by atoms with Crippen molar-refractivity contribution in [2.24, 2.45) is 5.41 Å². The van der Waals surface area contributed by atoms with Gasteiger partial charge in [-0.05, 0) is 18.8 Å². The highest BCUT2D eigenvalue weighted by Crippen LogP contribution is 2.22. The molecule has 0 N–H and O–H groups in total. The summed E-state index contributed by atoms with van der Waals surface area (Å²) in [5, 5.41) is 0. The van der Waals surface area contributed by atoms with Gasteiger partial charge in [-0.25, -0.2) is 4.79 Å². The topological polar surface area (TPSA) is 35.5 Å². The molecule has 3 nitrogen and oxygen atoms in total. The van der Waals surface area contributed by atoms with Gasteiger partial charge in [-0.3, -0.25) is 0 Å². The van der Waals surface area contributed by atoms with Crippen molar-refractivity contribution in [1.82, 2.24) is 0 Å². The van der Waals surface area contributed by atoms with Crippen LogP contribution in [0.5, 0.6) is 0 Å². The molecule has 0 aliphatic rings. The number of rotatable bonds is 5. The molecule has 0 aromatic carbocycles. The molecule has 3 heteroatoms. The molecule has 0 unspecified atom stereocenters. The maximum atomic E-state index is 10.8. The fourth-order valence-corrected chi connectivity index (χ4v) is 1.16. The highest BCUT2D eigenvalue weighted by molar-refractivity contribution is 5.59. The van der Waals surface area contributed by atoms with Crippen molar-refractivity contribution < 1.29 is 14.3 Å². The van der Waals surface area contributed by atoms with Gasteiger partial charge >= 0.3 is 6.16 Å². The van der Waals surface area contributed by atoms with Crippen LogP contribution < -0.4 is 0 Å². The van der Waals surface area contributed by atoms with Gasteiger partial charge in [0.25, 0.3) is 0 Å². The van der Waals surface area contributed by atoms with Gasteiger partial charge in [0.05, 0.1) is 6.61 Å². The maximum absolute atomic E-state index is 10.8. The normalized spacial score (nSPS) is 11.1. The van der Waals surface area contributed by atoms with Gasteiger partial charge in [0, 0.05) is 0 Å². The Labute approximate surface area is 80.4 Å². The Morgan fingerprint density at radius 2 is 1.85 bits per heavy atom. The second kappa shape index (κ2) is 5.84. The fraction of sp³-hybridized carbons (Fsp3) is 0.900. The summed E-state index contributed by atoms with van der Waals surface area (Å²) in [6.45, 7) is 8.84. The van der Waals surface area contributed by atoms with Crippen LogP contribution >= 0.6 is 0 Å². The van der Waals surface area contributed by atoms with Crippen molar-refractivity contribution >= 4 is 6.16 Å². The molecule has 0 saturated carbocycles. The first-order valence-corrected chi connectivity index (χ1v) is 4.81. The largest absolute Gasteiger partial charge is 0.508 e. The molecule has 0 spiro atoms. The third-order valence-corrected chi connectivity index (χ3v) is 1.77. The zero-order valence-corrected chi connectivity index (χ0v) is 9.05. The van der Waals surface area contributed by atoms with Crippen LogP contribution in [0, 0.1) is 5.41 Å². The summed E-state index contributed by atoms with van der Waals surface area (Å²) in [6.07, 6.45) is 1.58. The molecule has 0 aliphatic heterocycles. The quantitative estimate of drug-likeness (QED) is 0.622. The predicted molar refractivity (Wildman–Crippen MR) is 51.7 cm³/mol. The van der Waals surface area contributed by atoms with Gasteiger partial charge in [-0.15, -0.1) is 0 Å². The van der Waals surface area contributed by atoms with E-state index < -0.39 is 6.16 Å². The summed E-state index contributed by atoms with van der Waals surface area (Å²) in [6, 6.07) is 0. The lowest BCUT2D eigenvalue weighted by Gasteiger charge is -2.22. The average molecular weight is 188 g/mol. The van der Waals surface area contributed by atoms with E-state index in [2.05, 4.69) is 25.5 Å². The first-order chi connectivity index (χ1) is 6.02. The molecular weight excluding hydrogens is 168 g/mol. The summed E-state index contributed by atoms with van der Waals surface area (Å²) in [7, 11) is 0. The number of hydrogen-bond donors (Lipinski definition) is 0. The van der Waals surface area contributed by atoms with Gasteiger partial charge in [0.1, 0.15) is 6.61 Å². The Kier molecular flexibility index (Phi) is 5.51. The molecule has 0 aromatic heterocycles. The van der Waals surface area contributed by atoms with E-state index in [0.29, 0.717) is 13.2 Å². The molecule has 0 aliphatic carbocycles. The highest BCUT2D eigenvalue weighted by Gasteiger charge is 2.19. The highest BCUT2D eigenvalue weighted by atomic mass is 16.7. The van der Waals surface area contributed by atoms with Crippen LogP contribution in [0.15, 0.2) is 0 Å². The molecule has 0 saturated heterocycles. The van der Waals surface area contributed by atoms with E-state index in [1.54, 1.807) is 6.92 Å². The summed E-state index contributed by atoms with van der Waals surface area (Å²) < 4.78 is 9.59. The van der Waals surface area contributed by atoms with E-state index in [1.165, 1.54) is 0 Å². The van der Waals surface area contributed by atoms with E-state index in [-0.39, 0.29) is 5.41 Å². The SMILES string of the molecule is CCCC(C)(C)COC(=O)OCC. The lowest BCUT2D eigenvalue weighted by atomic mass is 9.89. The van der Waals surface area contributed by atoms with E-state index in [1.807, 2.05) is 0 Å². The van der Waals surface area contributed by atoms with Gasteiger partial charge in [0.15, 0.2) is 0 Å². The smallest absolute Gasteiger partial charge is 0.435 e. The predicted octanol–water partition coefficient (Wildman–Crippen LogP) is 2.99. The van der Waals surface area contributed by atoms with Gasteiger partial charge in [0.2, 0.25) is 0 Å². The zero-order chi connectivity index (χ0) is 10.3. The van der Waals surface area contributed by atoms with Crippen LogP contribution in [-0.2, 0) is 9.47 Å². The minimum atomic E-state index is -0.563. The minimum absolute atomic E-state index is 0.0571. The summed E-state index contributed by atoms with van der Waals surface area (Å²) in [5.41, 5.74) is 0.0571. The van der Waals surface area contributed by atoms with Crippen molar-refractivity contribution in [2.45, 2.75) is 40.5 Å². The number of hydrogen-bond acceptors (Lipinski definition) is 3. The molecule has 0 fully saturated rings. The minimum Gasteiger partial charge on any atom is -0.435 e. The second-order valence-electron chi connectivity index (χ2n) is 3.89. The van der Waals surface area contributed by atoms with E-state index in [0.717, 1.165) is 12.8 Å². The zero-order valence-electron chi connectivity index (χ0n) is 9.05. The lowest BCUT2D eigenvalue weighted by Crippen LogP contribution is -2.22. The number of ether oxygens (including phenoxy) is 2. The molecule has 0 heterocycles. The Hall–Kier alpha value is -0.730. The maximum Gasteiger partial charge on any atom is 0.508 e. The van der Waals surface area contributed by atoms with Crippen molar-refractivity contribution in [2.75, 3.05) is 13.2 Å². The third-order valence-electron chi connectivity index (χ3n) is 1.77. The van der Waals surface area contributed by atoms with Gasteiger partial charge < -0.3 is 9.47 Å². The average Bonchev–Trinajstić information content (AvgIpc) is 2.02. The molecule has 0 rings (SSSR count). The molecule has 0 radical (unpaired) electrons. The Morgan fingerprint density at radius 3 is 2.31 bits per heavy atom. The van der Waals surface area contributed by atoms with Crippen molar-refractivity contribution in [3.63, 3.8) is 0 Å². The molecule has 0 amide bonds. The number of carbonyl (C=O) groups excluding carboxylic acids is 1. The Morgan fingerprint density at radius 1 is 1.23 bits per heavy atom. The summed E-state index contributed by atoms with van der Waals surface area (Å²) in [4.78, 5) is 10.8. The first-order valence-electron chi connectivity index (χ1n) is 4.81. The Bertz CT molecular complexity index is 152. The van der Waals surface area contributed by atoms with E-state index >= 15 is 0 Å². The van der Waals surface area contributed by atoms with Crippen LogP contribution in [0.2, 0.25) is 0 Å². The van der Waals surface area contributed by atoms with Crippen molar-refractivity contribution in [1.29, 1.82) is 0 Å². The van der Waals surface area contributed by atoms with Crippen molar-refractivity contribution in [3.05, 3.63) is 0 Å². The van der Waals surface area contributed by atoms with Crippen molar-refractivity contribution in [3.8, 4) is 0 Å². The van der Waals surface area contributed by atoms with Gasteiger partial charge in [-0.2, -0.15) is 0 Å². The Balaban J connectivity index is 3.67. The lowest BCUT2D eigenvalue weighted by molar-refractivity contribution is 0.0303. The summed E-state index contributed by atoms with van der Waals surface area (Å²) >= 11 is 0. The number of carbonyl (C=O) groups is 1. The molecule has 78 valence electrons. The standard InChI is InChI=1S/C10H20O3/c1-5-7-10(3,4)8-13-9(11)12-6-2/h5-8H2,1-4H3. The van der Waals surface area contributed by atoms with E-state index in [9.17, 15) is 4.79 Å². The van der Waals surface area contributed by atoms with E-state index in [4.69, 9.17) is 4.74 Å². The molecule has 0 atom stereocenters. The van der Waals surface area contributed by atoms with Crippen LogP contribution in [0.4, 0.5) is 4.79 Å². The third kappa shape index (κ3) is 6.43. The first kappa shape index (κ1) is 12.3. The second-order valence-corrected chi connectivity index (χ2v) is 3.89. The van der Waals surface area contributed by atoms with Crippen LogP contribution in [0.3, 0.4) is 0 Å². The molecule has 13 heavy (non-hydrogen) atoms. The molecule has 0 bridgehead atoms. The summed E-state index contributed by atoms with van der Waals surface area (Å²) in [5.74, 6) is 0. The van der Waals surface area contributed by atoms with Gasteiger partial charge in [-0.1, -0.05) is 27.2 Å². The fourth-order valence-electron chi connectivity index (χ4n) is 1.16. The van der Waals surface area contributed by atoms with Crippen LogP contribution in [0.1, 0.15) is 40.5 Å². The molecular formula is C10H20O3. The van der Waals surface area contributed by atoms with Crippen LogP contribution in [0.25, 0.3) is 0 Å². The molecule has 0 aromatic rings. The van der Waals surface area contributed by atoms with Crippen LogP contribution in [-0.4, -0.2) is 19.4 Å². The monoisotopic (exact) mass is 188 g/mol.